The molecule has 0 N–H and O–H groups in total. The van der Waals surface area contributed by atoms with Gasteiger partial charge in [0.15, 0.2) is 5.82 Å². The first kappa shape index (κ1) is 27.5. The molecule has 6 rings (SSSR count). The highest BCUT2D eigenvalue weighted by Crippen LogP contribution is 2.29. The molecule has 3 aromatic heterocycles. The molecule has 0 saturated carbocycles. The normalized spacial score (nSPS) is 14.8. The van der Waals surface area contributed by atoms with Crippen molar-refractivity contribution in [2.45, 2.75) is 19.3 Å². The maximum Gasteiger partial charge on any atom is 0.164 e. The van der Waals surface area contributed by atoms with Crippen LogP contribution in [0.25, 0.3) is 28.2 Å². The zero-order chi connectivity index (χ0) is 28.7. The number of aromatic nitrogens is 4. The molecule has 5 aromatic rings. The van der Waals surface area contributed by atoms with Gasteiger partial charge in [-0.1, -0.05) is 17.3 Å². The number of benzene rings is 2. The van der Waals surface area contributed by atoms with E-state index in [4.69, 9.17) is 14.6 Å². The van der Waals surface area contributed by atoms with E-state index in [1.165, 1.54) is 12.1 Å². The molecule has 9 heteroatoms. The number of likely N-dealkylation sites (tertiary alicyclic amines) is 1. The number of rotatable bonds is 10. The Bertz CT molecular complexity index is 1630. The third-order valence-corrected chi connectivity index (χ3v) is 7.58. The van der Waals surface area contributed by atoms with Crippen LogP contribution in [0.5, 0.6) is 5.75 Å². The van der Waals surface area contributed by atoms with Gasteiger partial charge in [0.25, 0.3) is 0 Å². The number of oxime groups is 1. The van der Waals surface area contributed by atoms with Gasteiger partial charge in [-0.3, -0.25) is 14.5 Å². The molecule has 1 aliphatic rings. The minimum absolute atomic E-state index is 0.318. The van der Waals surface area contributed by atoms with Gasteiger partial charge in [-0.2, -0.15) is 0 Å². The molecule has 0 bridgehead atoms. The van der Waals surface area contributed by atoms with E-state index in [0.29, 0.717) is 23.9 Å². The van der Waals surface area contributed by atoms with E-state index >= 15 is 0 Å². The summed E-state index contributed by atoms with van der Waals surface area (Å²) in [4.78, 5) is 21.3. The highest BCUT2D eigenvalue weighted by atomic mass is 19.1. The molecule has 0 spiro atoms. The smallest absolute Gasteiger partial charge is 0.164 e. The lowest BCUT2D eigenvalue weighted by Crippen LogP contribution is -2.37. The standard InChI is InChI=1S/C33H33FN6O2/c1-41-38-32(28-7-2-4-17-35-28)24-15-20-39(21-16-24)19-6-22-42-27-12-10-26(11-13-27)40-31-14-9-25(34)23-30(31)37-33(40)29-8-3-5-18-36-29/h2-5,7-14,17-18,23-24H,6,15-16,19-22H2,1H3. The summed E-state index contributed by atoms with van der Waals surface area (Å²) in [6.07, 6.45) is 6.51. The van der Waals surface area contributed by atoms with Crippen molar-refractivity contribution in [1.82, 2.24) is 24.4 Å². The molecule has 0 atom stereocenters. The van der Waals surface area contributed by atoms with Crippen LogP contribution in [-0.4, -0.2) is 63.5 Å². The largest absolute Gasteiger partial charge is 0.494 e. The molecule has 0 amide bonds. The Kier molecular flexibility index (Phi) is 8.46. The number of halogens is 1. The number of hydrogen-bond acceptors (Lipinski definition) is 7. The molecule has 0 unspecified atom stereocenters. The minimum Gasteiger partial charge on any atom is -0.494 e. The second kappa shape index (κ2) is 12.9. The quantitative estimate of drug-likeness (QED) is 0.115. The van der Waals surface area contributed by atoms with Gasteiger partial charge >= 0.3 is 0 Å². The predicted octanol–water partition coefficient (Wildman–Crippen LogP) is 6.15. The zero-order valence-electron chi connectivity index (χ0n) is 23.6. The highest BCUT2D eigenvalue weighted by molar-refractivity contribution is 6.00. The van der Waals surface area contributed by atoms with Crippen LogP contribution >= 0.6 is 0 Å². The summed E-state index contributed by atoms with van der Waals surface area (Å²) in [5.74, 6) is 1.50. The fraction of sp³-hybridized carbons (Fsp3) is 0.273. The maximum atomic E-state index is 13.9. The zero-order valence-corrected chi connectivity index (χ0v) is 23.6. The third kappa shape index (κ3) is 6.16. The summed E-state index contributed by atoms with van der Waals surface area (Å²) in [5.41, 5.74) is 4.85. The van der Waals surface area contributed by atoms with Crippen LogP contribution in [0, 0.1) is 11.7 Å². The highest BCUT2D eigenvalue weighted by Gasteiger charge is 2.25. The first-order chi connectivity index (χ1) is 20.7. The van der Waals surface area contributed by atoms with Crippen molar-refractivity contribution < 1.29 is 14.0 Å². The SMILES string of the molecule is CON=C(c1ccccn1)C1CCN(CCCOc2ccc(-n3c(-c4ccccn4)nc4cc(F)ccc43)cc2)CC1. The third-order valence-electron chi connectivity index (χ3n) is 7.58. The number of fused-ring (bicyclic) bond motifs is 1. The summed E-state index contributed by atoms with van der Waals surface area (Å²) >= 11 is 0. The van der Waals surface area contributed by atoms with Crippen molar-refractivity contribution in [3.8, 4) is 23.0 Å². The van der Waals surface area contributed by atoms with E-state index in [-0.39, 0.29) is 5.82 Å². The van der Waals surface area contributed by atoms with E-state index in [1.54, 1.807) is 25.6 Å². The Morgan fingerprint density at radius 3 is 2.45 bits per heavy atom. The summed E-state index contributed by atoms with van der Waals surface area (Å²) in [6.45, 7) is 3.64. The van der Waals surface area contributed by atoms with Gasteiger partial charge in [-0.05, 0) is 93.0 Å². The lowest BCUT2D eigenvalue weighted by atomic mass is 9.90. The molecule has 214 valence electrons. The van der Waals surface area contributed by atoms with Crippen LogP contribution < -0.4 is 4.74 Å². The van der Waals surface area contributed by atoms with E-state index in [0.717, 1.165) is 72.9 Å². The monoisotopic (exact) mass is 564 g/mol. The second-order valence-electron chi connectivity index (χ2n) is 10.3. The van der Waals surface area contributed by atoms with Gasteiger partial charge in [-0.25, -0.2) is 9.37 Å². The molecule has 4 heterocycles. The molecule has 42 heavy (non-hydrogen) atoms. The first-order valence-corrected chi connectivity index (χ1v) is 14.3. The summed E-state index contributed by atoms with van der Waals surface area (Å²) in [7, 11) is 1.59. The fourth-order valence-electron chi connectivity index (χ4n) is 5.52. The van der Waals surface area contributed by atoms with E-state index < -0.39 is 0 Å². The molecule has 1 saturated heterocycles. The Balaban J connectivity index is 1.04. The fourth-order valence-corrected chi connectivity index (χ4v) is 5.52. The van der Waals surface area contributed by atoms with Gasteiger partial charge in [0, 0.05) is 36.6 Å². The molecule has 0 radical (unpaired) electrons. The van der Waals surface area contributed by atoms with Crippen LogP contribution in [-0.2, 0) is 4.84 Å². The van der Waals surface area contributed by atoms with Crippen LogP contribution in [0.4, 0.5) is 4.39 Å². The molecule has 0 aliphatic carbocycles. The van der Waals surface area contributed by atoms with Crippen molar-refractivity contribution in [3.63, 3.8) is 0 Å². The summed E-state index contributed by atoms with van der Waals surface area (Å²) < 4.78 is 22.0. The summed E-state index contributed by atoms with van der Waals surface area (Å²) in [5, 5.41) is 4.31. The number of nitrogens with zero attached hydrogens (tertiary/aromatic N) is 6. The minimum atomic E-state index is -0.318. The van der Waals surface area contributed by atoms with Crippen LogP contribution in [0.2, 0.25) is 0 Å². The van der Waals surface area contributed by atoms with Crippen molar-refractivity contribution >= 4 is 16.7 Å². The van der Waals surface area contributed by atoms with Crippen LogP contribution in [0.3, 0.4) is 0 Å². The van der Waals surface area contributed by atoms with Crippen molar-refractivity contribution in [3.05, 3.63) is 103 Å². The van der Waals surface area contributed by atoms with Crippen molar-refractivity contribution in [2.24, 2.45) is 11.1 Å². The van der Waals surface area contributed by atoms with E-state index in [9.17, 15) is 4.39 Å². The number of piperidine rings is 1. The van der Waals surface area contributed by atoms with Crippen LogP contribution in [0.1, 0.15) is 25.0 Å². The predicted molar refractivity (Wildman–Crippen MR) is 161 cm³/mol. The Morgan fingerprint density at radius 2 is 1.74 bits per heavy atom. The number of pyridine rings is 2. The second-order valence-corrected chi connectivity index (χ2v) is 10.3. The molecular weight excluding hydrogens is 531 g/mol. The number of ether oxygens (including phenoxy) is 1. The van der Waals surface area contributed by atoms with E-state index in [1.807, 2.05) is 65.2 Å². The molecule has 1 aliphatic heterocycles. The molecule has 8 nitrogen and oxygen atoms in total. The Hall–Kier alpha value is -4.63. The average Bonchev–Trinajstić information content (AvgIpc) is 3.42. The lowest BCUT2D eigenvalue weighted by Gasteiger charge is -2.32. The number of imidazole rings is 1. The topological polar surface area (TPSA) is 77.7 Å². The van der Waals surface area contributed by atoms with Crippen LogP contribution in [0.15, 0.2) is 96.4 Å². The average molecular weight is 565 g/mol. The van der Waals surface area contributed by atoms with Gasteiger partial charge in [-0.15, -0.1) is 0 Å². The number of hydrogen-bond donors (Lipinski definition) is 0. The van der Waals surface area contributed by atoms with Gasteiger partial charge in [0.2, 0.25) is 0 Å². The molecular formula is C33H33FN6O2. The first-order valence-electron chi connectivity index (χ1n) is 14.3. The van der Waals surface area contributed by atoms with E-state index in [2.05, 4.69) is 20.0 Å². The van der Waals surface area contributed by atoms with Crippen molar-refractivity contribution in [2.75, 3.05) is 33.4 Å². The maximum absolute atomic E-state index is 13.9. The lowest BCUT2D eigenvalue weighted by molar-refractivity contribution is 0.183. The summed E-state index contributed by atoms with van der Waals surface area (Å²) in [6, 6.07) is 24.2. The Labute approximate surface area is 244 Å². The molecule has 1 fully saturated rings. The van der Waals surface area contributed by atoms with Crippen molar-refractivity contribution in [1.29, 1.82) is 0 Å². The van der Waals surface area contributed by atoms with Gasteiger partial charge < -0.3 is 14.5 Å². The van der Waals surface area contributed by atoms with Gasteiger partial charge in [0.1, 0.15) is 30.1 Å². The molecule has 2 aromatic carbocycles. The Morgan fingerprint density at radius 1 is 0.952 bits per heavy atom. The van der Waals surface area contributed by atoms with Gasteiger partial charge in [0.05, 0.1) is 23.3 Å².